The third-order valence-corrected chi connectivity index (χ3v) is 6.91. The molecule has 0 radical (unpaired) electrons. The molecule has 28 heavy (non-hydrogen) atoms. The molecule has 2 aliphatic rings. The largest absolute Gasteiger partial charge is 0.426 e. The summed E-state index contributed by atoms with van der Waals surface area (Å²) in [6, 6.07) is 5.71. The summed E-state index contributed by atoms with van der Waals surface area (Å²) in [5.41, 5.74) is 0. The molecular formula is C25H35FO2. The highest BCUT2D eigenvalue weighted by Crippen LogP contribution is 2.42. The Morgan fingerprint density at radius 3 is 2.21 bits per heavy atom. The highest BCUT2D eigenvalue weighted by Gasteiger charge is 2.33. The van der Waals surface area contributed by atoms with Crippen LogP contribution in [0, 0.1) is 29.5 Å². The first-order chi connectivity index (χ1) is 13.7. The molecule has 0 atom stereocenters. The SMILES string of the molecule is C/C=C\CCCC1CCC(C2CCC(C(=O)Oc3ccc(F)cc3)CC2)CC1. The van der Waals surface area contributed by atoms with Crippen LogP contribution < -0.4 is 4.74 Å². The molecule has 2 aliphatic carbocycles. The molecular weight excluding hydrogens is 351 g/mol. The highest BCUT2D eigenvalue weighted by atomic mass is 19.1. The van der Waals surface area contributed by atoms with Crippen LogP contribution in [0.3, 0.4) is 0 Å². The van der Waals surface area contributed by atoms with Crippen molar-refractivity contribution in [2.24, 2.45) is 23.7 Å². The van der Waals surface area contributed by atoms with Crippen molar-refractivity contribution in [3.8, 4) is 5.75 Å². The Morgan fingerprint density at radius 1 is 1.00 bits per heavy atom. The Labute approximate surface area is 169 Å². The second-order valence-corrected chi connectivity index (χ2v) is 8.77. The number of carbonyl (C=O) groups excluding carboxylic acids is 1. The summed E-state index contributed by atoms with van der Waals surface area (Å²) in [5.74, 6) is 2.58. The molecule has 2 saturated carbocycles. The lowest BCUT2D eigenvalue weighted by Crippen LogP contribution is -2.30. The number of hydrogen-bond acceptors (Lipinski definition) is 2. The maximum atomic E-state index is 13.0. The van der Waals surface area contributed by atoms with E-state index in [1.54, 1.807) is 0 Å². The van der Waals surface area contributed by atoms with Crippen LogP contribution in [-0.2, 0) is 4.79 Å². The van der Waals surface area contributed by atoms with E-state index in [2.05, 4.69) is 19.1 Å². The van der Waals surface area contributed by atoms with Crippen molar-refractivity contribution in [1.29, 1.82) is 0 Å². The number of ether oxygens (including phenoxy) is 1. The topological polar surface area (TPSA) is 26.3 Å². The van der Waals surface area contributed by atoms with Crippen LogP contribution in [0.4, 0.5) is 4.39 Å². The Kier molecular flexibility index (Phi) is 8.12. The number of benzene rings is 1. The van der Waals surface area contributed by atoms with Gasteiger partial charge in [-0.2, -0.15) is 0 Å². The minimum absolute atomic E-state index is 0.00395. The predicted molar refractivity (Wildman–Crippen MR) is 112 cm³/mol. The summed E-state index contributed by atoms with van der Waals surface area (Å²) in [7, 11) is 0. The van der Waals surface area contributed by atoms with E-state index in [0.717, 1.165) is 43.4 Å². The van der Waals surface area contributed by atoms with Gasteiger partial charge in [0, 0.05) is 0 Å². The number of carbonyl (C=O) groups is 1. The predicted octanol–water partition coefficient (Wildman–Crippen LogP) is 7.09. The van der Waals surface area contributed by atoms with Crippen molar-refractivity contribution >= 4 is 5.97 Å². The fourth-order valence-corrected chi connectivity index (χ4v) is 5.17. The molecule has 0 amide bonds. The third-order valence-electron chi connectivity index (χ3n) is 6.91. The summed E-state index contributed by atoms with van der Waals surface area (Å²) in [6.45, 7) is 2.10. The molecule has 0 N–H and O–H groups in total. The van der Waals surface area contributed by atoms with Crippen molar-refractivity contribution in [2.75, 3.05) is 0 Å². The molecule has 3 heteroatoms. The molecule has 0 aliphatic heterocycles. The number of hydrogen-bond donors (Lipinski definition) is 0. The molecule has 2 nitrogen and oxygen atoms in total. The molecule has 154 valence electrons. The van der Waals surface area contributed by atoms with Crippen molar-refractivity contribution in [1.82, 2.24) is 0 Å². The molecule has 0 aromatic heterocycles. The molecule has 1 aromatic carbocycles. The van der Waals surface area contributed by atoms with Crippen molar-refractivity contribution in [3.05, 3.63) is 42.2 Å². The Bertz CT molecular complexity index is 620. The lowest BCUT2D eigenvalue weighted by atomic mass is 9.68. The van der Waals surface area contributed by atoms with E-state index in [9.17, 15) is 9.18 Å². The lowest BCUT2D eigenvalue weighted by Gasteiger charge is -2.37. The van der Waals surface area contributed by atoms with Gasteiger partial charge in [-0.15, -0.1) is 0 Å². The summed E-state index contributed by atoms with van der Waals surface area (Å²) in [6.07, 6.45) is 18.1. The van der Waals surface area contributed by atoms with E-state index in [0.29, 0.717) is 5.75 Å². The van der Waals surface area contributed by atoms with E-state index < -0.39 is 0 Å². The van der Waals surface area contributed by atoms with E-state index in [-0.39, 0.29) is 17.7 Å². The van der Waals surface area contributed by atoms with Gasteiger partial charge in [-0.25, -0.2) is 4.39 Å². The van der Waals surface area contributed by atoms with E-state index in [4.69, 9.17) is 4.74 Å². The van der Waals surface area contributed by atoms with Crippen LogP contribution in [0.25, 0.3) is 0 Å². The second-order valence-electron chi connectivity index (χ2n) is 8.77. The van der Waals surface area contributed by atoms with Gasteiger partial charge in [0.1, 0.15) is 11.6 Å². The average Bonchev–Trinajstić information content (AvgIpc) is 2.73. The highest BCUT2D eigenvalue weighted by molar-refractivity contribution is 5.75. The smallest absolute Gasteiger partial charge is 0.314 e. The Morgan fingerprint density at radius 2 is 1.61 bits per heavy atom. The standard InChI is InChI=1S/C25H35FO2/c1-2-3-4-5-6-19-7-9-20(10-8-19)21-11-13-22(14-12-21)25(27)28-24-17-15-23(26)16-18-24/h2-3,15-22H,4-14H2,1H3/b3-2-. The zero-order chi connectivity index (χ0) is 19.8. The van der Waals surface area contributed by atoms with E-state index >= 15 is 0 Å². The van der Waals surface area contributed by atoms with Crippen LogP contribution in [-0.4, -0.2) is 5.97 Å². The summed E-state index contributed by atoms with van der Waals surface area (Å²) < 4.78 is 18.4. The number of halogens is 1. The summed E-state index contributed by atoms with van der Waals surface area (Å²) in [5, 5.41) is 0. The fraction of sp³-hybridized carbons (Fsp3) is 0.640. The average molecular weight is 387 g/mol. The first kappa shape index (κ1) is 21.1. The molecule has 3 rings (SSSR count). The Hall–Kier alpha value is -1.64. The molecule has 1 aromatic rings. The maximum Gasteiger partial charge on any atom is 0.314 e. The van der Waals surface area contributed by atoms with Gasteiger partial charge in [0.15, 0.2) is 0 Å². The van der Waals surface area contributed by atoms with E-state index in [1.165, 1.54) is 69.2 Å². The van der Waals surface area contributed by atoms with Gasteiger partial charge in [0.2, 0.25) is 0 Å². The summed E-state index contributed by atoms with van der Waals surface area (Å²) in [4.78, 5) is 12.4. The third kappa shape index (κ3) is 6.18. The molecule has 0 spiro atoms. The zero-order valence-corrected chi connectivity index (χ0v) is 17.2. The number of unbranched alkanes of at least 4 members (excludes halogenated alkanes) is 1. The zero-order valence-electron chi connectivity index (χ0n) is 17.2. The van der Waals surface area contributed by atoms with Crippen LogP contribution in [0.15, 0.2) is 36.4 Å². The monoisotopic (exact) mass is 386 g/mol. The van der Waals surface area contributed by atoms with E-state index in [1.807, 2.05) is 0 Å². The van der Waals surface area contributed by atoms with Gasteiger partial charge >= 0.3 is 5.97 Å². The van der Waals surface area contributed by atoms with Gasteiger partial charge in [-0.3, -0.25) is 4.79 Å². The molecule has 0 heterocycles. The minimum atomic E-state index is -0.312. The summed E-state index contributed by atoms with van der Waals surface area (Å²) >= 11 is 0. The Balaban J connectivity index is 1.36. The van der Waals surface area contributed by atoms with Gasteiger partial charge in [0.05, 0.1) is 5.92 Å². The first-order valence-corrected chi connectivity index (χ1v) is 11.2. The lowest BCUT2D eigenvalue weighted by molar-refractivity contribution is -0.140. The molecule has 0 saturated heterocycles. The normalized spacial score (nSPS) is 28.4. The number of allylic oxidation sites excluding steroid dienone is 2. The van der Waals surface area contributed by atoms with Gasteiger partial charge in [0.25, 0.3) is 0 Å². The van der Waals surface area contributed by atoms with Crippen molar-refractivity contribution < 1.29 is 13.9 Å². The van der Waals surface area contributed by atoms with Crippen LogP contribution in [0.1, 0.15) is 77.6 Å². The van der Waals surface area contributed by atoms with Crippen LogP contribution >= 0.6 is 0 Å². The minimum Gasteiger partial charge on any atom is -0.426 e. The number of rotatable bonds is 7. The van der Waals surface area contributed by atoms with Gasteiger partial charge < -0.3 is 4.74 Å². The quantitative estimate of drug-likeness (QED) is 0.216. The number of esters is 1. The molecule has 0 unspecified atom stereocenters. The van der Waals surface area contributed by atoms with Gasteiger partial charge in [-0.1, -0.05) is 31.4 Å². The first-order valence-electron chi connectivity index (χ1n) is 11.2. The molecule has 2 fully saturated rings. The maximum absolute atomic E-state index is 13.0. The fourth-order valence-electron chi connectivity index (χ4n) is 5.17. The second kappa shape index (κ2) is 10.8. The van der Waals surface area contributed by atoms with Gasteiger partial charge in [-0.05, 0) is 100 Å². The van der Waals surface area contributed by atoms with Crippen LogP contribution in [0.2, 0.25) is 0 Å². The van der Waals surface area contributed by atoms with Crippen molar-refractivity contribution in [2.45, 2.75) is 77.6 Å². The van der Waals surface area contributed by atoms with Crippen LogP contribution in [0.5, 0.6) is 5.75 Å². The van der Waals surface area contributed by atoms with Crippen molar-refractivity contribution in [3.63, 3.8) is 0 Å². The molecule has 0 bridgehead atoms.